The number of hydrogen-bond donors (Lipinski definition) is 2. The van der Waals surface area contributed by atoms with Gasteiger partial charge in [0.2, 0.25) is 0 Å². The minimum atomic E-state index is 0. The fraction of sp³-hybridized carbons (Fsp3) is 0.333. The summed E-state index contributed by atoms with van der Waals surface area (Å²) in [5.41, 5.74) is 11.6. The van der Waals surface area contributed by atoms with Crippen LogP contribution in [0.15, 0.2) is 55.4 Å². The fourth-order valence-electron chi connectivity index (χ4n) is 2.19. The summed E-state index contributed by atoms with van der Waals surface area (Å²) in [6, 6.07) is 11.5. The van der Waals surface area contributed by atoms with E-state index in [0.29, 0.717) is 23.7 Å². The van der Waals surface area contributed by atoms with Gasteiger partial charge in [0.15, 0.2) is 5.82 Å². The summed E-state index contributed by atoms with van der Waals surface area (Å²) in [7, 11) is 0. The van der Waals surface area contributed by atoms with Gasteiger partial charge in [0.1, 0.15) is 30.5 Å². The Labute approximate surface area is 214 Å². The topological polar surface area (TPSA) is 139 Å². The van der Waals surface area contributed by atoms with E-state index in [1.54, 1.807) is 43.2 Å². The SMILES string of the molecule is C.CC(C)n1cnnc1.CC(C)n1cnnc1-c1cccc(N)n1.Nc1ccc[c-]n1.[Y]. The van der Waals surface area contributed by atoms with Crippen LogP contribution in [0.25, 0.3) is 11.5 Å². The zero-order valence-electron chi connectivity index (χ0n) is 18.2. The number of nitrogens with two attached hydrogens (primary N) is 2. The van der Waals surface area contributed by atoms with Crippen LogP contribution in [0.3, 0.4) is 0 Å². The molecule has 0 amide bonds. The molecule has 0 aliphatic heterocycles. The van der Waals surface area contributed by atoms with Crippen LogP contribution in [0.4, 0.5) is 11.6 Å². The van der Waals surface area contributed by atoms with Crippen molar-refractivity contribution in [3.8, 4) is 11.5 Å². The maximum Gasteiger partial charge on any atom is 0.182 e. The zero-order valence-corrected chi connectivity index (χ0v) is 21.0. The first-order valence-electron chi connectivity index (χ1n) is 9.43. The number of nitrogen functional groups attached to an aromatic ring is 2. The summed E-state index contributed by atoms with van der Waals surface area (Å²) >= 11 is 0. The van der Waals surface area contributed by atoms with Crippen molar-refractivity contribution >= 4 is 11.6 Å². The molecule has 10 nitrogen and oxygen atoms in total. The Morgan fingerprint density at radius 1 is 0.844 bits per heavy atom. The van der Waals surface area contributed by atoms with Gasteiger partial charge >= 0.3 is 0 Å². The van der Waals surface area contributed by atoms with Crippen molar-refractivity contribution in [3.05, 3.63) is 61.6 Å². The molecule has 0 atom stereocenters. The summed E-state index contributed by atoms with van der Waals surface area (Å²) in [6.45, 7) is 8.31. The van der Waals surface area contributed by atoms with Crippen molar-refractivity contribution in [2.24, 2.45) is 0 Å². The third kappa shape index (κ3) is 9.61. The van der Waals surface area contributed by atoms with Crippen LogP contribution in [0.5, 0.6) is 0 Å². The summed E-state index contributed by atoms with van der Waals surface area (Å²) in [5, 5.41) is 15.2. The van der Waals surface area contributed by atoms with E-state index in [1.165, 1.54) is 0 Å². The second kappa shape index (κ2) is 15.1. The standard InChI is InChI=1S/C10H13N5.C5H9N3.C5H5N2.CH4.Y/c1-7(2)15-6-12-14-10(15)8-4-3-5-9(11)13-8;1-5(2)8-3-6-7-4-8;6-5-3-1-2-4-7-5;;/h3-7H,1-2H3,(H2,11,13);3-5H,1-2H3;1-3H,(H2,6,7);1H4;/q;;-1;;. The molecule has 0 saturated heterocycles. The molecule has 4 aromatic heterocycles. The van der Waals surface area contributed by atoms with Crippen molar-refractivity contribution in [3.63, 3.8) is 0 Å². The molecule has 0 aromatic carbocycles. The second-order valence-corrected chi connectivity index (χ2v) is 6.80. The monoisotopic (exact) mass is 512 g/mol. The Kier molecular flexibility index (Phi) is 13.9. The molecule has 32 heavy (non-hydrogen) atoms. The van der Waals surface area contributed by atoms with E-state index in [0.717, 1.165) is 11.5 Å². The number of nitrogens with zero attached hydrogens (tertiary/aromatic N) is 8. The summed E-state index contributed by atoms with van der Waals surface area (Å²) in [5.74, 6) is 1.76. The first-order chi connectivity index (χ1) is 14.4. The summed E-state index contributed by atoms with van der Waals surface area (Å²) < 4.78 is 3.90. The number of pyridine rings is 2. The van der Waals surface area contributed by atoms with E-state index >= 15 is 0 Å². The van der Waals surface area contributed by atoms with Gasteiger partial charge in [-0.2, -0.15) is 12.1 Å². The molecule has 0 saturated carbocycles. The normalized spacial score (nSPS) is 9.56. The average molecular weight is 512 g/mol. The van der Waals surface area contributed by atoms with Crippen molar-refractivity contribution in [1.82, 2.24) is 39.5 Å². The Bertz CT molecular complexity index is 985. The van der Waals surface area contributed by atoms with E-state index in [9.17, 15) is 0 Å². The van der Waals surface area contributed by atoms with Gasteiger partial charge in [-0.3, -0.25) is 0 Å². The van der Waals surface area contributed by atoms with Crippen LogP contribution < -0.4 is 11.5 Å². The number of anilines is 2. The zero-order chi connectivity index (χ0) is 21.9. The molecule has 1 radical (unpaired) electrons. The molecule has 4 aromatic rings. The first kappa shape index (κ1) is 29.3. The van der Waals surface area contributed by atoms with Crippen LogP contribution in [0.2, 0.25) is 0 Å². The van der Waals surface area contributed by atoms with Crippen LogP contribution in [-0.4, -0.2) is 39.5 Å². The van der Waals surface area contributed by atoms with Crippen LogP contribution >= 0.6 is 0 Å². The van der Waals surface area contributed by atoms with Gasteiger partial charge in [-0.05, 0) is 39.8 Å². The van der Waals surface area contributed by atoms with Crippen molar-refractivity contribution in [2.45, 2.75) is 47.2 Å². The number of aromatic nitrogens is 8. The molecule has 4 N–H and O–H groups in total. The average Bonchev–Trinajstić information content (AvgIpc) is 3.42. The van der Waals surface area contributed by atoms with E-state index in [4.69, 9.17) is 11.5 Å². The molecule has 169 valence electrons. The second-order valence-electron chi connectivity index (χ2n) is 6.80. The van der Waals surface area contributed by atoms with E-state index in [2.05, 4.69) is 64.3 Å². The number of hydrogen-bond acceptors (Lipinski definition) is 8. The molecule has 0 aliphatic rings. The van der Waals surface area contributed by atoms with Gasteiger partial charge < -0.3 is 25.6 Å². The van der Waals surface area contributed by atoms with E-state index in [-0.39, 0.29) is 40.1 Å². The molecular weight excluding hydrogens is 481 g/mol. The smallest absolute Gasteiger partial charge is 0.182 e. The summed E-state index contributed by atoms with van der Waals surface area (Å²) in [6.07, 6.45) is 7.71. The summed E-state index contributed by atoms with van der Waals surface area (Å²) in [4.78, 5) is 7.85. The van der Waals surface area contributed by atoms with Crippen molar-refractivity contribution in [2.75, 3.05) is 11.5 Å². The molecule has 11 heteroatoms. The molecule has 0 spiro atoms. The number of rotatable bonds is 3. The van der Waals surface area contributed by atoms with Crippen LogP contribution in [0, 0.1) is 6.20 Å². The van der Waals surface area contributed by atoms with E-state index in [1.807, 2.05) is 21.3 Å². The predicted molar refractivity (Wildman–Crippen MR) is 123 cm³/mol. The third-order valence-corrected chi connectivity index (χ3v) is 3.79. The van der Waals surface area contributed by atoms with Crippen LogP contribution in [-0.2, 0) is 32.7 Å². The largest absolute Gasteiger partial charge is 0.435 e. The van der Waals surface area contributed by atoms with E-state index < -0.39 is 0 Å². The minimum absolute atomic E-state index is 0. The Hall–Kier alpha value is -2.72. The molecule has 4 heterocycles. The molecule has 0 fully saturated rings. The molecule has 4 rings (SSSR count). The van der Waals surface area contributed by atoms with Gasteiger partial charge in [-0.15, -0.1) is 26.5 Å². The van der Waals surface area contributed by atoms with Gasteiger partial charge in [0.05, 0.1) is 0 Å². The fourth-order valence-corrected chi connectivity index (χ4v) is 2.19. The molecule has 0 aliphatic carbocycles. The molecular formula is C21H31N10Y-. The predicted octanol–water partition coefficient (Wildman–Crippen LogP) is 3.46. The van der Waals surface area contributed by atoms with Gasteiger partial charge in [0.25, 0.3) is 0 Å². The maximum absolute atomic E-state index is 5.62. The molecule has 0 unspecified atom stereocenters. The first-order valence-corrected chi connectivity index (χ1v) is 9.43. The van der Waals surface area contributed by atoms with Crippen LogP contribution in [0.1, 0.15) is 47.2 Å². The quantitative estimate of drug-likeness (QED) is 0.398. The third-order valence-electron chi connectivity index (χ3n) is 3.79. The van der Waals surface area contributed by atoms with Gasteiger partial charge in [0, 0.05) is 50.6 Å². The Morgan fingerprint density at radius 3 is 1.94 bits per heavy atom. The van der Waals surface area contributed by atoms with Gasteiger partial charge in [-0.25, -0.2) is 4.98 Å². The Balaban J connectivity index is 0.000000482. The van der Waals surface area contributed by atoms with Crippen molar-refractivity contribution < 1.29 is 32.7 Å². The van der Waals surface area contributed by atoms with Gasteiger partial charge in [-0.1, -0.05) is 19.7 Å². The minimum Gasteiger partial charge on any atom is -0.435 e. The molecule has 0 bridgehead atoms. The Morgan fingerprint density at radius 2 is 1.50 bits per heavy atom. The maximum atomic E-state index is 5.62. The van der Waals surface area contributed by atoms with Crippen molar-refractivity contribution in [1.29, 1.82) is 0 Å².